The van der Waals surface area contributed by atoms with Gasteiger partial charge in [0.25, 0.3) is 0 Å². The quantitative estimate of drug-likeness (QED) is 0.669. The third-order valence-corrected chi connectivity index (χ3v) is 3.64. The Balaban J connectivity index is 2.22. The van der Waals surface area contributed by atoms with Gasteiger partial charge in [-0.3, -0.25) is 4.68 Å². The van der Waals surface area contributed by atoms with E-state index in [1.54, 1.807) is 7.11 Å². The third-order valence-electron chi connectivity index (χ3n) is 3.64. The van der Waals surface area contributed by atoms with Gasteiger partial charge in [-0.15, -0.1) is 6.58 Å². The lowest BCUT2D eigenvalue weighted by Crippen LogP contribution is -1.98. The van der Waals surface area contributed by atoms with Gasteiger partial charge in [-0.1, -0.05) is 24.3 Å². The molecule has 106 valence electrons. The average molecular weight is 278 g/mol. The van der Waals surface area contributed by atoms with Gasteiger partial charge in [0.1, 0.15) is 11.4 Å². The van der Waals surface area contributed by atoms with Gasteiger partial charge in [0.15, 0.2) is 0 Å². The number of nitrogens with zero attached hydrogens (tertiary/aromatic N) is 2. The fourth-order valence-electron chi connectivity index (χ4n) is 2.63. The predicted molar refractivity (Wildman–Crippen MR) is 86.7 cm³/mol. The van der Waals surface area contributed by atoms with E-state index in [0.29, 0.717) is 6.54 Å². The average Bonchev–Trinajstić information content (AvgIpc) is 2.88. The molecule has 0 unspecified atom stereocenters. The first kappa shape index (κ1) is 13.4. The smallest absolute Gasteiger partial charge is 0.118 e. The normalized spacial score (nSPS) is 10.8. The van der Waals surface area contributed by atoms with Crippen molar-refractivity contribution in [2.24, 2.45) is 0 Å². The summed E-state index contributed by atoms with van der Waals surface area (Å²) in [6.07, 6.45) is 1.87. The zero-order valence-corrected chi connectivity index (χ0v) is 12.3. The Morgan fingerprint density at radius 2 is 1.95 bits per heavy atom. The van der Waals surface area contributed by atoms with E-state index in [1.807, 2.05) is 35.0 Å². The van der Waals surface area contributed by atoms with Crippen LogP contribution in [-0.4, -0.2) is 16.9 Å². The molecule has 2 aromatic carbocycles. The lowest BCUT2D eigenvalue weighted by atomic mass is 10.1. The second-order valence-corrected chi connectivity index (χ2v) is 5.02. The van der Waals surface area contributed by atoms with E-state index in [-0.39, 0.29) is 0 Å². The van der Waals surface area contributed by atoms with Crippen molar-refractivity contribution in [2.75, 3.05) is 7.11 Å². The number of aryl methyl sites for hydroxylation is 1. The van der Waals surface area contributed by atoms with Crippen LogP contribution in [0.25, 0.3) is 22.2 Å². The molecule has 3 heteroatoms. The van der Waals surface area contributed by atoms with Crippen molar-refractivity contribution in [3.8, 4) is 17.0 Å². The van der Waals surface area contributed by atoms with Gasteiger partial charge in [0.05, 0.1) is 19.2 Å². The Labute approximate surface area is 124 Å². The number of hydrogen-bond donors (Lipinski definition) is 0. The molecular weight excluding hydrogens is 260 g/mol. The maximum Gasteiger partial charge on any atom is 0.118 e. The minimum atomic E-state index is 0.706. The number of allylic oxidation sites excluding steroid dienone is 1. The molecule has 0 saturated heterocycles. The first-order valence-corrected chi connectivity index (χ1v) is 6.96. The maximum atomic E-state index is 5.22. The summed E-state index contributed by atoms with van der Waals surface area (Å²) in [6.45, 7) is 6.64. The minimum Gasteiger partial charge on any atom is -0.497 e. The summed E-state index contributed by atoms with van der Waals surface area (Å²) in [6, 6.07) is 14.3. The summed E-state index contributed by atoms with van der Waals surface area (Å²) in [4.78, 5) is 0. The summed E-state index contributed by atoms with van der Waals surface area (Å²) >= 11 is 0. The number of ether oxygens (including phenoxy) is 1. The maximum absolute atomic E-state index is 5.22. The summed E-state index contributed by atoms with van der Waals surface area (Å²) in [5.74, 6) is 0.852. The van der Waals surface area contributed by atoms with Crippen molar-refractivity contribution < 1.29 is 4.74 Å². The molecule has 21 heavy (non-hydrogen) atoms. The van der Waals surface area contributed by atoms with Crippen LogP contribution in [-0.2, 0) is 6.54 Å². The van der Waals surface area contributed by atoms with E-state index in [9.17, 15) is 0 Å². The van der Waals surface area contributed by atoms with Gasteiger partial charge in [0, 0.05) is 10.9 Å². The molecule has 1 heterocycles. The summed E-state index contributed by atoms with van der Waals surface area (Å²) in [7, 11) is 1.67. The molecule has 3 rings (SSSR count). The van der Waals surface area contributed by atoms with Gasteiger partial charge >= 0.3 is 0 Å². The molecule has 0 spiro atoms. The van der Waals surface area contributed by atoms with Gasteiger partial charge in [-0.05, 0) is 36.8 Å². The van der Waals surface area contributed by atoms with E-state index >= 15 is 0 Å². The number of rotatable bonds is 4. The minimum absolute atomic E-state index is 0.706. The number of aromatic nitrogens is 2. The highest BCUT2D eigenvalue weighted by Gasteiger charge is 2.13. The highest BCUT2D eigenvalue weighted by molar-refractivity contribution is 5.95. The second-order valence-electron chi connectivity index (χ2n) is 5.02. The molecule has 0 aliphatic heterocycles. The van der Waals surface area contributed by atoms with E-state index in [2.05, 4.69) is 31.7 Å². The molecule has 0 saturated carbocycles. The second kappa shape index (κ2) is 5.44. The van der Waals surface area contributed by atoms with Crippen LogP contribution in [0.5, 0.6) is 5.75 Å². The molecule has 0 atom stereocenters. The number of para-hydroxylation sites is 1. The van der Waals surface area contributed by atoms with Crippen molar-refractivity contribution in [1.82, 2.24) is 9.78 Å². The number of hydrogen-bond acceptors (Lipinski definition) is 2. The first-order chi connectivity index (χ1) is 10.2. The molecule has 0 aliphatic rings. The van der Waals surface area contributed by atoms with Crippen molar-refractivity contribution in [3.63, 3.8) is 0 Å². The largest absolute Gasteiger partial charge is 0.497 e. The molecule has 0 radical (unpaired) electrons. The zero-order chi connectivity index (χ0) is 14.8. The predicted octanol–water partition coefficient (Wildman–Crippen LogP) is 4.21. The van der Waals surface area contributed by atoms with E-state index in [4.69, 9.17) is 9.84 Å². The van der Waals surface area contributed by atoms with Crippen LogP contribution in [0.1, 0.15) is 5.56 Å². The van der Waals surface area contributed by atoms with Crippen LogP contribution in [0.3, 0.4) is 0 Å². The summed E-state index contributed by atoms with van der Waals surface area (Å²) in [5, 5.41) is 5.94. The van der Waals surface area contributed by atoms with Crippen molar-refractivity contribution in [2.45, 2.75) is 13.5 Å². The lowest BCUT2D eigenvalue weighted by Gasteiger charge is -2.01. The molecule has 1 aromatic heterocycles. The van der Waals surface area contributed by atoms with Gasteiger partial charge < -0.3 is 4.74 Å². The van der Waals surface area contributed by atoms with Gasteiger partial charge in [0.2, 0.25) is 0 Å². The van der Waals surface area contributed by atoms with E-state index in [1.165, 1.54) is 16.5 Å². The third kappa shape index (κ3) is 2.31. The van der Waals surface area contributed by atoms with Crippen LogP contribution >= 0.6 is 0 Å². The standard InChI is InChI=1S/C18H18N2O/c1-4-12-20-18-13(2)6-5-7-16(18)17(19-20)14-8-10-15(21-3)11-9-14/h4-11H,1,12H2,2-3H3. The molecule has 3 nitrogen and oxygen atoms in total. The van der Waals surface area contributed by atoms with Gasteiger partial charge in [-0.2, -0.15) is 5.10 Å². The van der Waals surface area contributed by atoms with Crippen LogP contribution in [0.15, 0.2) is 55.1 Å². The lowest BCUT2D eigenvalue weighted by molar-refractivity contribution is 0.415. The topological polar surface area (TPSA) is 27.1 Å². The zero-order valence-electron chi connectivity index (χ0n) is 12.3. The highest BCUT2D eigenvalue weighted by atomic mass is 16.5. The Kier molecular flexibility index (Phi) is 3.48. The molecule has 0 N–H and O–H groups in total. The Hall–Kier alpha value is -2.55. The Morgan fingerprint density at radius 3 is 2.62 bits per heavy atom. The molecule has 0 amide bonds. The number of fused-ring (bicyclic) bond motifs is 1. The first-order valence-electron chi connectivity index (χ1n) is 6.96. The van der Waals surface area contributed by atoms with Crippen LogP contribution in [0.2, 0.25) is 0 Å². The Bertz CT molecular complexity index is 785. The van der Waals surface area contributed by atoms with Gasteiger partial charge in [-0.25, -0.2) is 0 Å². The Morgan fingerprint density at radius 1 is 1.19 bits per heavy atom. The number of methoxy groups -OCH3 is 1. The fourth-order valence-corrected chi connectivity index (χ4v) is 2.63. The van der Waals surface area contributed by atoms with Crippen molar-refractivity contribution in [1.29, 1.82) is 0 Å². The monoisotopic (exact) mass is 278 g/mol. The summed E-state index contributed by atoms with van der Waals surface area (Å²) in [5.41, 5.74) is 4.48. The molecular formula is C18H18N2O. The van der Waals surface area contributed by atoms with Crippen molar-refractivity contribution in [3.05, 3.63) is 60.7 Å². The van der Waals surface area contributed by atoms with Crippen LogP contribution in [0, 0.1) is 6.92 Å². The van der Waals surface area contributed by atoms with E-state index in [0.717, 1.165) is 17.0 Å². The summed E-state index contributed by atoms with van der Waals surface area (Å²) < 4.78 is 7.23. The molecule has 3 aromatic rings. The highest BCUT2D eigenvalue weighted by Crippen LogP contribution is 2.30. The van der Waals surface area contributed by atoms with Crippen LogP contribution < -0.4 is 4.74 Å². The van der Waals surface area contributed by atoms with E-state index < -0.39 is 0 Å². The van der Waals surface area contributed by atoms with Crippen molar-refractivity contribution >= 4 is 10.9 Å². The van der Waals surface area contributed by atoms with Crippen LogP contribution in [0.4, 0.5) is 0 Å². The molecule has 0 fully saturated rings. The SMILES string of the molecule is C=CCn1nc(-c2ccc(OC)cc2)c2cccc(C)c21. The molecule has 0 bridgehead atoms. The fraction of sp³-hybridized carbons (Fsp3) is 0.167. The number of benzene rings is 2. The molecule has 0 aliphatic carbocycles.